The molecule has 2 aromatic rings. The maximum absolute atomic E-state index is 13.5. The fourth-order valence-corrected chi connectivity index (χ4v) is 2.23. The molecule has 0 saturated heterocycles. The zero-order valence-electron chi connectivity index (χ0n) is 12.0. The third-order valence-corrected chi connectivity index (χ3v) is 3.43. The fourth-order valence-electron chi connectivity index (χ4n) is 2.23. The topological polar surface area (TPSA) is 29.9 Å². The molecule has 2 rings (SSSR count). The van der Waals surface area contributed by atoms with Gasteiger partial charge in [-0.1, -0.05) is 13.8 Å². The molecule has 3 nitrogen and oxygen atoms in total. The first-order valence-electron chi connectivity index (χ1n) is 6.97. The van der Waals surface area contributed by atoms with E-state index < -0.39 is 17.5 Å². The number of rotatable bonds is 6. The number of halogens is 3. The third kappa shape index (κ3) is 3.56. The van der Waals surface area contributed by atoms with Crippen LogP contribution in [-0.4, -0.2) is 9.78 Å². The van der Waals surface area contributed by atoms with E-state index in [2.05, 4.69) is 24.3 Å². The highest BCUT2D eigenvalue weighted by Gasteiger charge is 2.12. The van der Waals surface area contributed by atoms with Crippen LogP contribution in [0.5, 0.6) is 0 Å². The van der Waals surface area contributed by atoms with Crippen LogP contribution in [0.25, 0.3) is 0 Å². The van der Waals surface area contributed by atoms with Crippen LogP contribution in [0, 0.1) is 17.5 Å². The average Bonchev–Trinajstić information content (AvgIpc) is 2.87. The van der Waals surface area contributed by atoms with Gasteiger partial charge >= 0.3 is 0 Å². The van der Waals surface area contributed by atoms with Crippen molar-refractivity contribution in [2.75, 3.05) is 5.32 Å². The van der Waals surface area contributed by atoms with E-state index in [1.54, 1.807) is 6.07 Å². The first kappa shape index (κ1) is 15.4. The molecule has 6 heteroatoms. The van der Waals surface area contributed by atoms with Crippen LogP contribution in [0.4, 0.5) is 18.9 Å². The van der Waals surface area contributed by atoms with Crippen LogP contribution in [0.2, 0.25) is 0 Å². The van der Waals surface area contributed by atoms with Crippen LogP contribution in [-0.2, 0) is 6.54 Å². The first-order chi connectivity index (χ1) is 10.0. The van der Waals surface area contributed by atoms with E-state index in [0.717, 1.165) is 12.8 Å². The summed E-state index contributed by atoms with van der Waals surface area (Å²) < 4.78 is 41.7. The normalized spacial score (nSPS) is 11.1. The molecule has 0 fully saturated rings. The maximum Gasteiger partial charge on any atom is 0.152 e. The lowest BCUT2D eigenvalue weighted by molar-refractivity contribution is 0.426. The summed E-state index contributed by atoms with van der Waals surface area (Å²) in [4.78, 5) is 0. The van der Waals surface area contributed by atoms with Gasteiger partial charge < -0.3 is 5.32 Å². The Morgan fingerprint density at radius 1 is 1.14 bits per heavy atom. The number of hydrogen-bond donors (Lipinski definition) is 1. The monoisotopic (exact) mass is 297 g/mol. The number of benzene rings is 1. The molecule has 1 aromatic carbocycles. The molecule has 114 valence electrons. The van der Waals surface area contributed by atoms with Crippen LogP contribution in [0.1, 0.15) is 38.4 Å². The zero-order chi connectivity index (χ0) is 15.4. The van der Waals surface area contributed by atoms with Crippen molar-refractivity contribution in [1.29, 1.82) is 0 Å². The minimum Gasteiger partial charge on any atom is -0.375 e. The molecule has 0 spiro atoms. The largest absolute Gasteiger partial charge is 0.375 e. The standard InChI is InChI=1S/C15H18F3N3/c1-3-12(4-2)21-6-5-11(20-21)9-19-15-13(17)7-10(16)8-14(15)18/h5-8,12,19H,3-4,9H2,1-2H3. The molecule has 21 heavy (non-hydrogen) atoms. The van der Waals surface area contributed by atoms with Crippen molar-refractivity contribution in [2.45, 2.75) is 39.3 Å². The molecule has 0 amide bonds. The number of anilines is 1. The van der Waals surface area contributed by atoms with E-state index in [-0.39, 0.29) is 12.2 Å². The Morgan fingerprint density at radius 3 is 2.33 bits per heavy atom. The molecule has 0 aliphatic rings. The summed E-state index contributed by atoms with van der Waals surface area (Å²) in [6.45, 7) is 4.33. The summed E-state index contributed by atoms with van der Waals surface area (Å²) in [5.74, 6) is -2.84. The lowest BCUT2D eigenvalue weighted by Gasteiger charge is -2.12. The highest BCUT2D eigenvalue weighted by Crippen LogP contribution is 2.21. The average molecular weight is 297 g/mol. The quantitative estimate of drug-likeness (QED) is 0.862. The zero-order valence-corrected chi connectivity index (χ0v) is 12.0. The van der Waals surface area contributed by atoms with Gasteiger partial charge in [0.2, 0.25) is 0 Å². The lowest BCUT2D eigenvalue weighted by atomic mass is 10.2. The van der Waals surface area contributed by atoms with Gasteiger partial charge in [0.1, 0.15) is 11.5 Å². The van der Waals surface area contributed by atoms with Crippen LogP contribution in [0.15, 0.2) is 24.4 Å². The van der Waals surface area contributed by atoms with Gasteiger partial charge in [-0.3, -0.25) is 4.68 Å². The molecule has 0 saturated carbocycles. The Hall–Kier alpha value is -1.98. The molecular formula is C15H18F3N3. The molecule has 1 N–H and O–H groups in total. The van der Waals surface area contributed by atoms with Gasteiger partial charge in [0.05, 0.1) is 18.3 Å². The Kier molecular flexibility index (Phi) is 4.88. The second kappa shape index (κ2) is 6.65. The summed E-state index contributed by atoms with van der Waals surface area (Å²) in [6, 6.07) is 3.41. The van der Waals surface area contributed by atoms with Crippen molar-refractivity contribution in [3.05, 3.63) is 47.5 Å². The minimum atomic E-state index is -0.952. The van der Waals surface area contributed by atoms with Gasteiger partial charge in [0, 0.05) is 18.3 Å². The number of nitrogens with zero attached hydrogens (tertiary/aromatic N) is 2. The molecule has 0 atom stereocenters. The van der Waals surface area contributed by atoms with Crippen molar-refractivity contribution >= 4 is 5.69 Å². The van der Waals surface area contributed by atoms with Gasteiger partial charge in [0.25, 0.3) is 0 Å². The molecule has 0 radical (unpaired) electrons. The number of nitrogens with one attached hydrogen (secondary N) is 1. The second-order valence-electron chi connectivity index (χ2n) is 4.86. The summed E-state index contributed by atoms with van der Waals surface area (Å²) in [5.41, 5.74) is 0.332. The van der Waals surface area contributed by atoms with Crippen molar-refractivity contribution < 1.29 is 13.2 Å². The molecule has 0 bridgehead atoms. The lowest BCUT2D eigenvalue weighted by Crippen LogP contribution is -2.09. The maximum atomic E-state index is 13.5. The predicted octanol–water partition coefficient (Wildman–Crippen LogP) is 4.27. The Morgan fingerprint density at radius 2 is 1.76 bits per heavy atom. The highest BCUT2D eigenvalue weighted by molar-refractivity contribution is 5.46. The molecule has 0 aliphatic heterocycles. The summed E-state index contributed by atoms with van der Waals surface area (Å²) in [6.07, 6.45) is 3.78. The van der Waals surface area contributed by atoms with Gasteiger partial charge in [-0.05, 0) is 18.9 Å². The highest BCUT2D eigenvalue weighted by atomic mass is 19.1. The predicted molar refractivity (Wildman–Crippen MR) is 75.5 cm³/mol. The van der Waals surface area contributed by atoms with E-state index >= 15 is 0 Å². The summed E-state index contributed by atoms with van der Waals surface area (Å²) >= 11 is 0. The Bertz CT molecular complexity index is 583. The van der Waals surface area contributed by atoms with Gasteiger partial charge in [-0.25, -0.2) is 13.2 Å². The number of aromatic nitrogens is 2. The molecule has 0 aliphatic carbocycles. The SMILES string of the molecule is CCC(CC)n1ccc(CNc2c(F)cc(F)cc2F)n1. The van der Waals surface area contributed by atoms with Gasteiger partial charge in [0.15, 0.2) is 11.6 Å². The molecule has 1 heterocycles. The molecule has 0 unspecified atom stereocenters. The third-order valence-electron chi connectivity index (χ3n) is 3.43. The summed E-state index contributed by atoms with van der Waals surface area (Å²) in [5, 5.41) is 7.00. The van der Waals surface area contributed by atoms with E-state index in [4.69, 9.17) is 0 Å². The van der Waals surface area contributed by atoms with Crippen molar-refractivity contribution in [1.82, 2.24) is 9.78 Å². The second-order valence-corrected chi connectivity index (χ2v) is 4.86. The van der Waals surface area contributed by atoms with E-state index in [1.165, 1.54) is 0 Å². The molecular weight excluding hydrogens is 279 g/mol. The van der Waals surface area contributed by atoms with Crippen molar-refractivity contribution in [3.63, 3.8) is 0 Å². The Balaban J connectivity index is 2.07. The van der Waals surface area contributed by atoms with E-state index in [1.807, 2.05) is 10.9 Å². The van der Waals surface area contributed by atoms with E-state index in [0.29, 0.717) is 23.9 Å². The van der Waals surface area contributed by atoms with E-state index in [9.17, 15) is 13.2 Å². The first-order valence-corrected chi connectivity index (χ1v) is 6.97. The smallest absolute Gasteiger partial charge is 0.152 e. The Labute approximate surface area is 121 Å². The van der Waals surface area contributed by atoms with Crippen molar-refractivity contribution in [2.24, 2.45) is 0 Å². The summed E-state index contributed by atoms with van der Waals surface area (Å²) in [7, 11) is 0. The van der Waals surface area contributed by atoms with Crippen LogP contribution in [0.3, 0.4) is 0 Å². The van der Waals surface area contributed by atoms with Crippen molar-refractivity contribution in [3.8, 4) is 0 Å². The van der Waals surface area contributed by atoms with Crippen LogP contribution >= 0.6 is 0 Å². The fraction of sp³-hybridized carbons (Fsp3) is 0.400. The number of hydrogen-bond acceptors (Lipinski definition) is 2. The molecule has 1 aromatic heterocycles. The minimum absolute atomic E-state index is 0.173. The van der Waals surface area contributed by atoms with Gasteiger partial charge in [-0.15, -0.1) is 0 Å². The van der Waals surface area contributed by atoms with Crippen LogP contribution < -0.4 is 5.32 Å². The van der Waals surface area contributed by atoms with Gasteiger partial charge in [-0.2, -0.15) is 5.10 Å².